The Hall–Kier alpha value is -1.85. The van der Waals surface area contributed by atoms with Crippen molar-refractivity contribution in [3.63, 3.8) is 0 Å². The second kappa shape index (κ2) is 8.13. The van der Waals surface area contributed by atoms with Gasteiger partial charge in [-0.3, -0.25) is 4.79 Å². The molecule has 0 spiro atoms. The maximum Gasteiger partial charge on any atom is 0.339 e. The van der Waals surface area contributed by atoms with Crippen molar-refractivity contribution < 1.29 is 19.4 Å². The molecule has 0 atom stereocenters. The highest BCUT2D eigenvalue weighted by atomic mass is 16.5. The van der Waals surface area contributed by atoms with Crippen molar-refractivity contribution in [2.75, 3.05) is 6.61 Å². The zero-order chi connectivity index (χ0) is 17.6. The molecule has 6 heteroatoms. The number of carboxylic acid groups (broad SMARTS) is 1. The molecule has 0 aliphatic heterocycles. The summed E-state index contributed by atoms with van der Waals surface area (Å²) >= 11 is 0. The van der Waals surface area contributed by atoms with Crippen molar-refractivity contribution in [3.8, 4) is 0 Å². The summed E-state index contributed by atoms with van der Waals surface area (Å²) in [6, 6.07) is 0.115. The average molecular weight is 324 g/mol. The van der Waals surface area contributed by atoms with Gasteiger partial charge in [0.1, 0.15) is 0 Å². The molecule has 3 N–H and O–H groups in total. The Morgan fingerprint density at radius 2 is 1.83 bits per heavy atom. The Morgan fingerprint density at radius 3 is 2.22 bits per heavy atom. The first kappa shape index (κ1) is 19.2. The van der Waals surface area contributed by atoms with Gasteiger partial charge in [0.25, 0.3) is 0 Å². The van der Waals surface area contributed by atoms with Crippen molar-refractivity contribution in [2.24, 2.45) is 11.3 Å². The molecule has 1 saturated carbocycles. The average Bonchev–Trinajstić information content (AvgIpc) is 2.46. The van der Waals surface area contributed by atoms with Crippen LogP contribution in [-0.2, 0) is 14.3 Å². The minimum Gasteiger partial charge on any atom is -0.478 e. The molecule has 1 fully saturated rings. The van der Waals surface area contributed by atoms with Crippen molar-refractivity contribution in [1.82, 2.24) is 5.32 Å². The first-order chi connectivity index (χ1) is 10.7. The SMILES string of the molecule is CCOC(=O)[C@H]1CC[C@H](N/C(=C(\C=N)C(=O)O)C(C)(C)C)CC1. The highest BCUT2D eigenvalue weighted by Gasteiger charge is 2.31. The molecule has 0 radical (unpaired) electrons. The molecular weight excluding hydrogens is 296 g/mol. The summed E-state index contributed by atoms with van der Waals surface area (Å²) < 4.78 is 5.06. The van der Waals surface area contributed by atoms with Crippen LogP contribution in [0, 0.1) is 16.7 Å². The fraction of sp³-hybridized carbons (Fsp3) is 0.706. The molecule has 1 rings (SSSR count). The molecule has 1 aliphatic carbocycles. The highest BCUT2D eigenvalue weighted by Crippen LogP contribution is 2.30. The van der Waals surface area contributed by atoms with E-state index >= 15 is 0 Å². The van der Waals surface area contributed by atoms with Crippen LogP contribution in [0.15, 0.2) is 11.3 Å². The summed E-state index contributed by atoms with van der Waals surface area (Å²) in [5.41, 5.74) is 0.160. The number of hydrogen-bond donors (Lipinski definition) is 3. The van der Waals surface area contributed by atoms with Gasteiger partial charge >= 0.3 is 11.9 Å². The number of aliphatic carboxylic acids is 1. The third kappa shape index (κ3) is 5.37. The summed E-state index contributed by atoms with van der Waals surface area (Å²) in [7, 11) is 0. The molecule has 0 aromatic carbocycles. The van der Waals surface area contributed by atoms with Gasteiger partial charge in [0.2, 0.25) is 0 Å². The predicted octanol–water partition coefficient (Wildman–Crippen LogP) is 2.73. The van der Waals surface area contributed by atoms with Crippen molar-refractivity contribution in [3.05, 3.63) is 11.3 Å². The van der Waals surface area contributed by atoms with Crippen LogP contribution in [-0.4, -0.2) is 35.9 Å². The molecule has 6 nitrogen and oxygen atoms in total. The van der Waals surface area contributed by atoms with E-state index in [-0.39, 0.29) is 23.5 Å². The lowest BCUT2D eigenvalue weighted by Gasteiger charge is -2.34. The first-order valence-corrected chi connectivity index (χ1v) is 8.12. The molecule has 0 heterocycles. The lowest BCUT2D eigenvalue weighted by atomic mass is 9.83. The highest BCUT2D eigenvalue weighted by molar-refractivity contribution is 6.08. The summed E-state index contributed by atoms with van der Waals surface area (Å²) in [4.78, 5) is 23.1. The summed E-state index contributed by atoms with van der Waals surface area (Å²) in [5, 5.41) is 20.0. The topological polar surface area (TPSA) is 99.5 Å². The van der Waals surface area contributed by atoms with Crippen LogP contribution in [0.25, 0.3) is 0 Å². The smallest absolute Gasteiger partial charge is 0.339 e. The van der Waals surface area contributed by atoms with Crippen molar-refractivity contribution in [2.45, 2.75) is 59.4 Å². The van der Waals surface area contributed by atoms with Gasteiger partial charge in [0.15, 0.2) is 0 Å². The second-order valence-corrected chi connectivity index (χ2v) is 6.93. The molecule has 0 amide bonds. The number of carbonyl (C=O) groups is 2. The largest absolute Gasteiger partial charge is 0.478 e. The van der Waals surface area contributed by atoms with Crippen molar-refractivity contribution >= 4 is 18.2 Å². The van der Waals surface area contributed by atoms with Gasteiger partial charge in [0.05, 0.1) is 18.1 Å². The Labute approximate surface area is 137 Å². The van der Waals surface area contributed by atoms with Crippen LogP contribution in [0.4, 0.5) is 0 Å². The van der Waals surface area contributed by atoms with Gasteiger partial charge in [0, 0.05) is 23.4 Å². The summed E-state index contributed by atoms with van der Waals surface area (Å²) in [6.45, 7) is 7.97. The number of nitrogens with one attached hydrogen (secondary N) is 2. The minimum absolute atomic E-state index is 0.00924. The number of rotatable bonds is 6. The van der Waals surface area contributed by atoms with E-state index in [1.54, 1.807) is 6.92 Å². The number of carbonyl (C=O) groups excluding carboxylic acids is 1. The van der Waals surface area contributed by atoms with Crippen LogP contribution in [0.3, 0.4) is 0 Å². The third-order valence-electron chi connectivity index (χ3n) is 4.09. The van der Waals surface area contributed by atoms with E-state index < -0.39 is 11.4 Å². The monoisotopic (exact) mass is 324 g/mol. The molecule has 1 aliphatic rings. The number of allylic oxidation sites excluding steroid dienone is 1. The molecular formula is C17H28N2O4. The third-order valence-corrected chi connectivity index (χ3v) is 4.09. The molecule has 23 heavy (non-hydrogen) atoms. The quantitative estimate of drug-likeness (QED) is 0.396. The van der Waals surface area contributed by atoms with Gasteiger partial charge in [-0.1, -0.05) is 20.8 Å². The van der Waals surface area contributed by atoms with Gasteiger partial charge in [-0.05, 0) is 32.6 Å². The van der Waals surface area contributed by atoms with Gasteiger partial charge in [-0.2, -0.15) is 0 Å². The fourth-order valence-electron chi connectivity index (χ4n) is 2.88. The van der Waals surface area contributed by atoms with E-state index in [0.29, 0.717) is 12.3 Å². The lowest BCUT2D eigenvalue weighted by molar-refractivity contribution is -0.149. The zero-order valence-corrected chi connectivity index (χ0v) is 14.4. The van der Waals surface area contributed by atoms with E-state index in [0.717, 1.165) is 31.9 Å². The van der Waals surface area contributed by atoms with E-state index in [9.17, 15) is 14.7 Å². The summed E-state index contributed by atoms with van der Waals surface area (Å²) in [6.07, 6.45) is 3.93. The van der Waals surface area contributed by atoms with Gasteiger partial charge < -0.3 is 20.6 Å². The molecule has 0 bridgehead atoms. The number of carboxylic acids is 1. The second-order valence-electron chi connectivity index (χ2n) is 6.93. The molecule has 0 aromatic rings. The molecule has 0 aromatic heterocycles. The Bertz CT molecular complexity index is 483. The zero-order valence-electron chi connectivity index (χ0n) is 14.4. The molecule has 0 unspecified atom stereocenters. The maximum atomic E-state index is 11.8. The van der Waals surface area contributed by atoms with Crippen LogP contribution in [0.5, 0.6) is 0 Å². The Morgan fingerprint density at radius 1 is 1.26 bits per heavy atom. The van der Waals surface area contributed by atoms with Crippen LogP contribution < -0.4 is 5.32 Å². The van der Waals surface area contributed by atoms with E-state index in [1.165, 1.54) is 0 Å². The van der Waals surface area contributed by atoms with E-state index in [1.807, 2.05) is 20.8 Å². The standard InChI is InChI=1S/C17H28N2O4/c1-5-23-16(22)11-6-8-12(9-7-11)19-14(17(2,3)4)13(10-18)15(20)21/h10-12,18-19H,5-9H2,1-4H3,(H,20,21)/b14-13+,18-10?/t11-,12-. The molecule has 0 saturated heterocycles. The van der Waals surface area contributed by atoms with Crippen LogP contribution in [0.2, 0.25) is 0 Å². The maximum absolute atomic E-state index is 11.8. The summed E-state index contributed by atoms with van der Waals surface area (Å²) in [5.74, 6) is -1.29. The number of hydrogen-bond acceptors (Lipinski definition) is 5. The Kier molecular flexibility index (Phi) is 6.79. The van der Waals surface area contributed by atoms with Crippen LogP contribution in [0.1, 0.15) is 53.4 Å². The normalized spacial score (nSPS) is 22.8. The van der Waals surface area contributed by atoms with Crippen LogP contribution >= 0.6 is 0 Å². The van der Waals surface area contributed by atoms with Crippen molar-refractivity contribution in [1.29, 1.82) is 5.41 Å². The van der Waals surface area contributed by atoms with E-state index in [4.69, 9.17) is 10.1 Å². The first-order valence-electron chi connectivity index (χ1n) is 8.12. The number of ether oxygens (including phenoxy) is 1. The fourth-order valence-corrected chi connectivity index (χ4v) is 2.88. The van der Waals surface area contributed by atoms with Gasteiger partial charge in [-0.15, -0.1) is 0 Å². The minimum atomic E-state index is -1.10. The molecule has 130 valence electrons. The lowest BCUT2D eigenvalue weighted by Crippen LogP contribution is -2.39. The van der Waals surface area contributed by atoms with Gasteiger partial charge in [-0.25, -0.2) is 4.79 Å². The Balaban J connectivity index is 2.80. The van der Waals surface area contributed by atoms with E-state index in [2.05, 4.69) is 5.32 Å². The number of esters is 1. The predicted molar refractivity (Wildman–Crippen MR) is 88.4 cm³/mol.